The van der Waals surface area contributed by atoms with Gasteiger partial charge in [-0.15, -0.1) is 0 Å². The van der Waals surface area contributed by atoms with Crippen molar-refractivity contribution in [2.24, 2.45) is 0 Å². The number of nitrogens with zero attached hydrogens (tertiary/aromatic N) is 2. The van der Waals surface area contributed by atoms with Gasteiger partial charge in [0.15, 0.2) is 0 Å². The van der Waals surface area contributed by atoms with Crippen molar-refractivity contribution >= 4 is 5.91 Å². The highest BCUT2D eigenvalue weighted by Crippen LogP contribution is 2.34. The molecule has 0 bridgehead atoms. The van der Waals surface area contributed by atoms with Crippen LogP contribution >= 0.6 is 0 Å². The second kappa shape index (κ2) is 8.75. The number of hydrogen-bond acceptors (Lipinski definition) is 6. The van der Waals surface area contributed by atoms with Crippen LogP contribution in [0, 0.1) is 0 Å². The molecular formula is C17H27N3O4. The van der Waals surface area contributed by atoms with E-state index in [2.05, 4.69) is 5.32 Å². The normalized spacial score (nSPS) is 14.6. The number of piperazine rings is 1. The first-order valence-corrected chi connectivity index (χ1v) is 8.05. The molecule has 1 aliphatic rings. The number of nitrogens with one attached hydrogen (secondary N) is 1. The average molecular weight is 337 g/mol. The van der Waals surface area contributed by atoms with Crippen molar-refractivity contribution in [2.75, 3.05) is 61.1 Å². The van der Waals surface area contributed by atoms with E-state index >= 15 is 0 Å². The minimum atomic E-state index is 0.144. The second-order valence-corrected chi connectivity index (χ2v) is 5.81. The molecule has 1 saturated heterocycles. The standard InChI is InChI=1S/C17H27N3O4/c1-19(12-17(21)20-7-5-18-6-8-20)11-14-15(23-3)9-13(22-2)10-16(14)24-4/h9-10,18H,5-8,11-12H2,1-4H3. The van der Waals surface area contributed by atoms with E-state index in [4.69, 9.17) is 14.2 Å². The van der Waals surface area contributed by atoms with E-state index in [0.29, 0.717) is 30.3 Å². The highest BCUT2D eigenvalue weighted by molar-refractivity contribution is 5.78. The molecule has 2 rings (SSSR count). The molecule has 0 spiro atoms. The van der Waals surface area contributed by atoms with E-state index in [1.165, 1.54) is 0 Å². The van der Waals surface area contributed by atoms with Crippen LogP contribution in [0.25, 0.3) is 0 Å². The summed E-state index contributed by atoms with van der Waals surface area (Å²) >= 11 is 0. The SMILES string of the molecule is COc1cc(OC)c(CN(C)CC(=O)N2CCNCC2)c(OC)c1. The molecular weight excluding hydrogens is 310 g/mol. The summed E-state index contributed by atoms with van der Waals surface area (Å²) in [5.41, 5.74) is 0.899. The van der Waals surface area contributed by atoms with E-state index in [9.17, 15) is 4.79 Å². The van der Waals surface area contributed by atoms with Crippen LogP contribution in [0.15, 0.2) is 12.1 Å². The first kappa shape index (κ1) is 18.4. The summed E-state index contributed by atoms with van der Waals surface area (Å²) in [6.07, 6.45) is 0. The largest absolute Gasteiger partial charge is 0.496 e. The van der Waals surface area contributed by atoms with Crippen molar-refractivity contribution in [3.05, 3.63) is 17.7 Å². The third kappa shape index (κ3) is 4.52. The molecule has 1 fully saturated rings. The highest BCUT2D eigenvalue weighted by atomic mass is 16.5. The van der Waals surface area contributed by atoms with Gasteiger partial charge < -0.3 is 24.4 Å². The Labute approximate surface area is 143 Å². The van der Waals surface area contributed by atoms with Gasteiger partial charge in [0, 0.05) is 44.9 Å². The van der Waals surface area contributed by atoms with Crippen LogP contribution in [-0.2, 0) is 11.3 Å². The van der Waals surface area contributed by atoms with Crippen molar-refractivity contribution in [1.82, 2.24) is 15.1 Å². The molecule has 1 N–H and O–H groups in total. The van der Waals surface area contributed by atoms with Crippen molar-refractivity contribution in [3.8, 4) is 17.2 Å². The predicted octanol–water partition coefficient (Wildman–Crippen LogP) is 0.576. The van der Waals surface area contributed by atoms with Gasteiger partial charge >= 0.3 is 0 Å². The average Bonchev–Trinajstić information content (AvgIpc) is 2.62. The molecule has 0 saturated carbocycles. The second-order valence-electron chi connectivity index (χ2n) is 5.81. The lowest BCUT2D eigenvalue weighted by molar-refractivity contribution is -0.132. The Bertz CT molecular complexity index is 534. The Morgan fingerprint density at radius 1 is 1.12 bits per heavy atom. The Morgan fingerprint density at radius 2 is 1.71 bits per heavy atom. The molecule has 0 radical (unpaired) electrons. The van der Waals surface area contributed by atoms with Crippen LogP contribution in [0.5, 0.6) is 17.2 Å². The zero-order valence-corrected chi connectivity index (χ0v) is 14.9. The number of methoxy groups -OCH3 is 3. The summed E-state index contributed by atoms with van der Waals surface area (Å²) in [7, 11) is 6.75. The molecule has 1 aromatic carbocycles. The van der Waals surface area contributed by atoms with Gasteiger partial charge in [0.25, 0.3) is 0 Å². The first-order chi connectivity index (χ1) is 11.6. The number of ether oxygens (including phenoxy) is 3. The quantitative estimate of drug-likeness (QED) is 0.785. The van der Waals surface area contributed by atoms with Crippen molar-refractivity contribution < 1.29 is 19.0 Å². The molecule has 1 heterocycles. The Kier molecular flexibility index (Phi) is 6.69. The van der Waals surface area contributed by atoms with E-state index < -0.39 is 0 Å². The summed E-state index contributed by atoms with van der Waals surface area (Å²) in [6, 6.07) is 3.65. The fourth-order valence-corrected chi connectivity index (χ4v) is 2.80. The predicted molar refractivity (Wildman–Crippen MR) is 91.9 cm³/mol. The number of rotatable bonds is 7. The Morgan fingerprint density at radius 3 is 2.21 bits per heavy atom. The molecule has 0 atom stereocenters. The first-order valence-electron chi connectivity index (χ1n) is 8.05. The summed E-state index contributed by atoms with van der Waals surface area (Å²) in [4.78, 5) is 16.2. The van der Waals surface area contributed by atoms with Gasteiger partial charge in [-0.2, -0.15) is 0 Å². The van der Waals surface area contributed by atoms with Crippen LogP contribution in [0.2, 0.25) is 0 Å². The monoisotopic (exact) mass is 337 g/mol. The maximum absolute atomic E-state index is 12.4. The molecule has 0 unspecified atom stereocenters. The number of hydrogen-bond donors (Lipinski definition) is 1. The lowest BCUT2D eigenvalue weighted by atomic mass is 10.1. The Hall–Kier alpha value is -1.99. The van der Waals surface area contributed by atoms with E-state index in [-0.39, 0.29) is 5.91 Å². The van der Waals surface area contributed by atoms with Gasteiger partial charge in [0.1, 0.15) is 17.2 Å². The van der Waals surface area contributed by atoms with Gasteiger partial charge in [-0.05, 0) is 7.05 Å². The number of likely N-dealkylation sites (N-methyl/N-ethyl adjacent to an activating group) is 1. The Balaban J connectivity index is 2.07. The maximum atomic E-state index is 12.4. The minimum Gasteiger partial charge on any atom is -0.496 e. The summed E-state index contributed by atoms with van der Waals surface area (Å²) < 4.78 is 16.2. The third-order valence-electron chi connectivity index (χ3n) is 4.12. The molecule has 1 amide bonds. The van der Waals surface area contributed by atoms with Crippen molar-refractivity contribution in [2.45, 2.75) is 6.54 Å². The summed E-state index contributed by atoms with van der Waals surface area (Å²) in [5, 5.41) is 3.25. The van der Waals surface area contributed by atoms with Crippen LogP contribution in [0.1, 0.15) is 5.56 Å². The van der Waals surface area contributed by atoms with Gasteiger partial charge in [-0.25, -0.2) is 0 Å². The van der Waals surface area contributed by atoms with E-state index in [1.807, 2.05) is 29.0 Å². The van der Waals surface area contributed by atoms with Crippen molar-refractivity contribution in [3.63, 3.8) is 0 Å². The molecule has 24 heavy (non-hydrogen) atoms. The molecule has 7 nitrogen and oxygen atoms in total. The molecule has 0 aliphatic carbocycles. The fourth-order valence-electron chi connectivity index (χ4n) is 2.80. The minimum absolute atomic E-state index is 0.144. The van der Waals surface area contributed by atoms with Crippen LogP contribution in [-0.4, -0.2) is 76.8 Å². The lowest BCUT2D eigenvalue weighted by Gasteiger charge is -2.29. The van der Waals surface area contributed by atoms with Crippen LogP contribution in [0.4, 0.5) is 0 Å². The smallest absolute Gasteiger partial charge is 0.236 e. The lowest BCUT2D eigenvalue weighted by Crippen LogP contribution is -2.49. The van der Waals surface area contributed by atoms with Gasteiger partial charge in [-0.3, -0.25) is 9.69 Å². The highest BCUT2D eigenvalue weighted by Gasteiger charge is 2.20. The molecule has 1 aromatic rings. The number of carbonyl (C=O) groups is 1. The zero-order valence-electron chi connectivity index (χ0n) is 14.9. The van der Waals surface area contributed by atoms with E-state index in [0.717, 1.165) is 31.7 Å². The van der Waals surface area contributed by atoms with Crippen LogP contribution in [0.3, 0.4) is 0 Å². The molecule has 1 aliphatic heterocycles. The van der Waals surface area contributed by atoms with Gasteiger partial charge in [0.2, 0.25) is 5.91 Å². The summed E-state index contributed by atoms with van der Waals surface area (Å²) in [6.45, 7) is 4.15. The van der Waals surface area contributed by atoms with Crippen LogP contribution < -0.4 is 19.5 Å². The van der Waals surface area contributed by atoms with Crippen molar-refractivity contribution in [1.29, 1.82) is 0 Å². The molecule has 7 heteroatoms. The number of benzene rings is 1. The topological polar surface area (TPSA) is 63.3 Å². The zero-order chi connectivity index (χ0) is 17.5. The number of amides is 1. The molecule has 0 aromatic heterocycles. The van der Waals surface area contributed by atoms with E-state index in [1.54, 1.807) is 21.3 Å². The summed E-state index contributed by atoms with van der Waals surface area (Å²) in [5.74, 6) is 2.19. The molecule has 134 valence electrons. The number of carbonyl (C=O) groups excluding carboxylic acids is 1. The van der Waals surface area contributed by atoms with Gasteiger partial charge in [0.05, 0.1) is 33.4 Å². The maximum Gasteiger partial charge on any atom is 0.236 e. The third-order valence-corrected chi connectivity index (χ3v) is 4.12. The van der Waals surface area contributed by atoms with Gasteiger partial charge in [-0.1, -0.05) is 0 Å². The fraction of sp³-hybridized carbons (Fsp3) is 0.588.